The van der Waals surface area contributed by atoms with Crippen molar-refractivity contribution in [3.8, 4) is 5.75 Å². The number of hydrogen-bond acceptors (Lipinski definition) is 4. The van der Waals surface area contributed by atoms with Crippen LogP contribution in [-0.4, -0.2) is 23.6 Å². The molecular weight excluding hydrogens is 196 g/mol. The highest BCUT2D eigenvalue weighted by atomic mass is 16.7. The van der Waals surface area contributed by atoms with Crippen molar-refractivity contribution in [3.05, 3.63) is 29.3 Å². The first-order chi connectivity index (χ1) is 7.03. The van der Waals surface area contributed by atoms with E-state index in [-0.39, 0.29) is 0 Å². The van der Waals surface area contributed by atoms with E-state index in [2.05, 4.69) is 0 Å². The molecule has 15 heavy (non-hydrogen) atoms. The van der Waals surface area contributed by atoms with Gasteiger partial charge in [-0.05, 0) is 30.7 Å². The number of benzene rings is 1. The first-order valence-electron chi connectivity index (χ1n) is 4.78. The van der Waals surface area contributed by atoms with E-state index in [9.17, 15) is 10.2 Å². The highest BCUT2D eigenvalue weighted by Gasteiger charge is 2.35. The predicted molar refractivity (Wildman–Crippen MR) is 53.4 cm³/mol. The highest BCUT2D eigenvalue weighted by Crippen LogP contribution is 2.34. The van der Waals surface area contributed by atoms with Crippen LogP contribution < -0.4 is 4.74 Å². The summed E-state index contributed by atoms with van der Waals surface area (Å²) in [6, 6.07) is 5.31. The molecule has 82 valence electrons. The molecule has 1 aromatic rings. The van der Waals surface area contributed by atoms with Crippen LogP contribution in [0.2, 0.25) is 0 Å². The zero-order chi connectivity index (χ0) is 11.1. The number of rotatable bonds is 1. The lowest BCUT2D eigenvalue weighted by molar-refractivity contribution is -0.285. The Hall–Kier alpha value is -1.10. The van der Waals surface area contributed by atoms with Gasteiger partial charge in [0.15, 0.2) is 12.1 Å². The minimum Gasteiger partial charge on any atom is -0.497 e. The maximum Gasteiger partial charge on any atom is 0.192 e. The van der Waals surface area contributed by atoms with Crippen LogP contribution in [-0.2, 0) is 16.9 Å². The van der Waals surface area contributed by atoms with Gasteiger partial charge in [0, 0.05) is 12.0 Å². The number of ether oxygens (including phenoxy) is 2. The maximum absolute atomic E-state index is 9.94. The quantitative estimate of drug-likeness (QED) is 0.718. The van der Waals surface area contributed by atoms with Crippen molar-refractivity contribution >= 4 is 0 Å². The van der Waals surface area contributed by atoms with Gasteiger partial charge < -0.3 is 19.7 Å². The molecule has 1 aliphatic heterocycles. The van der Waals surface area contributed by atoms with Crippen molar-refractivity contribution in [2.75, 3.05) is 7.11 Å². The molecule has 0 spiro atoms. The van der Waals surface area contributed by atoms with Gasteiger partial charge in [0.25, 0.3) is 0 Å². The van der Waals surface area contributed by atoms with E-state index in [1.54, 1.807) is 25.3 Å². The van der Waals surface area contributed by atoms with Crippen LogP contribution in [0.15, 0.2) is 18.2 Å². The molecule has 1 aromatic carbocycles. The SMILES string of the molecule is COc1ccc2c(c1)CC(O)OC2(C)O. The predicted octanol–water partition coefficient (Wildman–Crippen LogP) is 0.751. The zero-order valence-electron chi connectivity index (χ0n) is 8.73. The molecule has 2 atom stereocenters. The van der Waals surface area contributed by atoms with Crippen LogP contribution in [0, 0.1) is 0 Å². The van der Waals surface area contributed by atoms with Gasteiger partial charge in [0.05, 0.1) is 7.11 Å². The summed E-state index contributed by atoms with van der Waals surface area (Å²) in [4.78, 5) is 0. The second-order valence-electron chi connectivity index (χ2n) is 3.78. The lowest BCUT2D eigenvalue weighted by Gasteiger charge is -2.34. The molecule has 1 aliphatic rings. The Morgan fingerprint density at radius 1 is 1.53 bits per heavy atom. The van der Waals surface area contributed by atoms with Crippen LogP contribution in [0.1, 0.15) is 18.1 Å². The third-order valence-corrected chi connectivity index (χ3v) is 2.57. The Kier molecular flexibility index (Phi) is 2.42. The van der Waals surface area contributed by atoms with E-state index in [0.29, 0.717) is 17.7 Å². The molecule has 2 rings (SSSR count). The Balaban J connectivity index is 2.47. The molecule has 2 N–H and O–H groups in total. The highest BCUT2D eigenvalue weighted by molar-refractivity contribution is 5.39. The van der Waals surface area contributed by atoms with Gasteiger partial charge in [-0.25, -0.2) is 0 Å². The largest absolute Gasteiger partial charge is 0.497 e. The van der Waals surface area contributed by atoms with E-state index < -0.39 is 12.1 Å². The molecule has 4 nitrogen and oxygen atoms in total. The summed E-state index contributed by atoms with van der Waals surface area (Å²) in [6.07, 6.45) is -0.609. The number of fused-ring (bicyclic) bond motifs is 1. The normalized spacial score (nSPS) is 29.7. The standard InChI is InChI=1S/C11H14O4/c1-11(13)9-4-3-8(14-2)5-7(9)6-10(12)15-11/h3-5,10,12-13H,6H2,1-2H3. The minimum absolute atomic E-state index is 0.364. The topological polar surface area (TPSA) is 58.9 Å². The average molecular weight is 210 g/mol. The van der Waals surface area contributed by atoms with Crippen molar-refractivity contribution in [2.45, 2.75) is 25.4 Å². The van der Waals surface area contributed by atoms with Gasteiger partial charge in [-0.15, -0.1) is 0 Å². The molecule has 4 heteroatoms. The second-order valence-corrected chi connectivity index (χ2v) is 3.78. The summed E-state index contributed by atoms with van der Waals surface area (Å²) in [5.41, 5.74) is 1.52. The zero-order valence-corrected chi connectivity index (χ0v) is 8.73. The van der Waals surface area contributed by atoms with E-state index in [1.165, 1.54) is 6.92 Å². The van der Waals surface area contributed by atoms with Crippen LogP contribution in [0.25, 0.3) is 0 Å². The smallest absolute Gasteiger partial charge is 0.192 e. The summed E-state index contributed by atoms with van der Waals surface area (Å²) in [6.45, 7) is 1.51. The van der Waals surface area contributed by atoms with Crippen LogP contribution >= 0.6 is 0 Å². The Morgan fingerprint density at radius 3 is 2.93 bits per heavy atom. The minimum atomic E-state index is -1.43. The molecule has 0 aromatic heterocycles. The average Bonchev–Trinajstić information content (AvgIpc) is 2.15. The number of aliphatic hydroxyl groups excluding tert-OH is 1. The Bertz CT molecular complexity index is 373. The van der Waals surface area contributed by atoms with Crippen LogP contribution in [0.4, 0.5) is 0 Å². The van der Waals surface area contributed by atoms with Crippen molar-refractivity contribution < 1.29 is 19.7 Å². The summed E-state index contributed by atoms with van der Waals surface area (Å²) in [5, 5.41) is 19.4. The van der Waals surface area contributed by atoms with Gasteiger partial charge in [0.1, 0.15) is 5.75 Å². The molecule has 0 saturated carbocycles. The molecule has 0 aliphatic carbocycles. The number of aliphatic hydroxyl groups is 2. The van der Waals surface area contributed by atoms with Gasteiger partial charge >= 0.3 is 0 Å². The fourth-order valence-corrected chi connectivity index (χ4v) is 1.88. The summed E-state index contributed by atoms with van der Waals surface area (Å²) < 4.78 is 10.1. The summed E-state index contributed by atoms with van der Waals surface area (Å²) in [7, 11) is 1.58. The Labute approximate surface area is 88.1 Å². The first-order valence-corrected chi connectivity index (χ1v) is 4.78. The third kappa shape index (κ3) is 1.84. The molecule has 1 heterocycles. The summed E-state index contributed by atoms with van der Waals surface area (Å²) >= 11 is 0. The van der Waals surface area contributed by atoms with Crippen molar-refractivity contribution in [2.24, 2.45) is 0 Å². The lowest BCUT2D eigenvalue weighted by atomic mass is 9.95. The molecule has 2 unspecified atom stereocenters. The van der Waals surface area contributed by atoms with Crippen molar-refractivity contribution in [3.63, 3.8) is 0 Å². The molecule has 0 amide bonds. The van der Waals surface area contributed by atoms with Crippen LogP contribution in [0.3, 0.4) is 0 Å². The van der Waals surface area contributed by atoms with E-state index in [4.69, 9.17) is 9.47 Å². The van der Waals surface area contributed by atoms with Crippen molar-refractivity contribution in [1.82, 2.24) is 0 Å². The van der Waals surface area contributed by atoms with Gasteiger partial charge in [-0.1, -0.05) is 0 Å². The van der Waals surface area contributed by atoms with Gasteiger partial charge in [0.2, 0.25) is 0 Å². The van der Waals surface area contributed by atoms with Gasteiger partial charge in [-0.3, -0.25) is 0 Å². The number of methoxy groups -OCH3 is 1. The number of hydrogen-bond donors (Lipinski definition) is 2. The molecule has 0 fully saturated rings. The van der Waals surface area contributed by atoms with Crippen LogP contribution in [0.5, 0.6) is 5.75 Å². The third-order valence-electron chi connectivity index (χ3n) is 2.57. The monoisotopic (exact) mass is 210 g/mol. The lowest BCUT2D eigenvalue weighted by Crippen LogP contribution is -2.37. The summed E-state index contributed by atoms with van der Waals surface area (Å²) in [5.74, 6) is -0.724. The molecule has 0 bridgehead atoms. The molecule has 0 radical (unpaired) electrons. The first kappa shape index (κ1) is 10.4. The fraction of sp³-hybridized carbons (Fsp3) is 0.455. The van der Waals surface area contributed by atoms with E-state index >= 15 is 0 Å². The maximum atomic E-state index is 9.94. The van der Waals surface area contributed by atoms with Gasteiger partial charge in [-0.2, -0.15) is 0 Å². The Morgan fingerprint density at radius 2 is 2.27 bits per heavy atom. The fourth-order valence-electron chi connectivity index (χ4n) is 1.88. The molecular formula is C11H14O4. The molecule has 0 saturated heterocycles. The second kappa shape index (κ2) is 3.48. The van der Waals surface area contributed by atoms with E-state index in [0.717, 1.165) is 5.56 Å². The van der Waals surface area contributed by atoms with Crippen molar-refractivity contribution in [1.29, 1.82) is 0 Å². The van der Waals surface area contributed by atoms with E-state index in [1.807, 2.05) is 0 Å².